The molecule has 0 aliphatic carbocycles. The molecule has 1 aromatic rings. The maximum Gasteiger partial charge on any atom is 0.0945 e. The molecule has 0 unspecified atom stereocenters. The second-order valence-electron chi connectivity index (χ2n) is 8.16. The Hall–Kier alpha value is -0.790. The van der Waals surface area contributed by atoms with E-state index >= 15 is 0 Å². The average molecular weight is 363 g/mol. The van der Waals surface area contributed by atoms with Gasteiger partial charge < -0.3 is 4.57 Å². The molecule has 1 aromatic heterocycles. The van der Waals surface area contributed by atoms with Crippen LogP contribution in [0.1, 0.15) is 129 Å². The summed E-state index contributed by atoms with van der Waals surface area (Å²) in [7, 11) is 0. The Balaban J connectivity index is 1.65. The predicted octanol–water partition coefficient (Wildman–Crippen LogP) is 8.31. The van der Waals surface area contributed by atoms with Crippen LogP contribution in [0, 0.1) is 0 Å². The standard InChI is InChI=1S/C24H46N2/c1-2-3-4-5-6-7-8-9-10-11-12-13-14-15-16-17-18-19-20-22-26-23-21-25-24-26/h21,23-24H,2-20,22H2,1H3. The molecule has 0 aliphatic heterocycles. The molecule has 1 heterocycles. The molecule has 26 heavy (non-hydrogen) atoms. The summed E-state index contributed by atoms with van der Waals surface area (Å²) in [5, 5.41) is 0. The molecule has 0 bridgehead atoms. The maximum atomic E-state index is 4.09. The molecule has 0 saturated heterocycles. The fourth-order valence-electron chi connectivity index (χ4n) is 3.79. The summed E-state index contributed by atoms with van der Waals surface area (Å²) in [6.45, 7) is 3.44. The molecule has 1 rings (SSSR count). The number of hydrogen-bond acceptors (Lipinski definition) is 1. The third-order valence-corrected chi connectivity index (χ3v) is 5.58. The van der Waals surface area contributed by atoms with Gasteiger partial charge in [-0.15, -0.1) is 0 Å². The largest absolute Gasteiger partial charge is 0.337 e. The van der Waals surface area contributed by atoms with Gasteiger partial charge in [0.25, 0.3) is 0 Å². The highest BCUT2D eigenvalue weighted by Crippen LogP contribution is 2.14. The Morgan fingerprint density at radius 1 is 0.538 bits per heavy atom. The molecule has 0 radical (unpaired) electrons. The van der Waals surface area contributed by atoms with Crippen LogP contribution in [-0.2, 0) is 6.54 Å². The lowest BCUT2D eigenvalue weighted by atomic mass is 10.0. The van der Waals surface area contributed by atoms with E-state index in [-0.39, 0.29) is 0 Å². The summed E-state index contributed by atoms with van der Waals surface area (Å²) in [5.74, 6) is 0. The molecule has 2 heteroatoms. The zero-order valence-corrected chi connectivity index (χ0v) is 17.8. The van der Waals surface area contributed by atoms with E-state index in [1.807, 2.05) is 12.5 Å². The van der Waals surface area contributed by atoms with Crippen molar-refractivity contribution in [1.82, 2.24) is 9.55 Å². The first kappa shape index (κ1) is 23.2. The summed E-state index contributed by atoms with van der Waals surface area (Å²) >= 11 is 0. The van der Waals surface area contributed by atoms with E-state index in [1.54, 1.807) is 0 Å². The molecule has 0 aromatic carbocycles. The molecular weight excluding hydrogens is 316 g/mol. The minimum absolute atomic E-state index is 1.14. The molecule has 0 aliphatic rings. The Morgan fingerprint density at radius 3 is 1.27 bits per heavy atom. The first-order chi connectivity index (χ1) is 12.9. The van der Waals surface area contributed by atoms with Gasteiger partial charge in [0.1, 0.15) is 0 Å². The minimum Gasteiger partial charge on any atom is -0.337 e. The molecule has 0 fully saturated rings. The highest BCUT2D eigenvalue weighted by molar-refractivity contribution is 4.73. The van der Waals surface area contributed by atoms with Crippen LogP contribution in [0.3, 0.4) is 0 Å². The van der Waals surface area contributed by atoms with Gasteiger partial charge in [-0.2, -0.15) is 0 Å². The highest BCUT2D eigenvalue weighted by Gasteiger charge is 1.95. The first-order valence-corrected chi connectivity index (χ1v) is 11.9. The van der Waals surface area contributed by atoms with Gasteiger partial charge in [0, 0.05) is 18.9 Å². The van der Waals surface area contributed by atoms with Crippen LogP contribution in [0.2, 0.25) is 0 Å². The molecule has 0 spiro atoms. The fourth-order valence-corrected chi connectivity index (χ4v) is 3.79. The monoisotopic (exact) mass is 362 g/mol. The minimum atomic E-state index is 1.14. The summed E-state index contributed by atoms with van der Waals surface area (Å²) in [4.78, 5) is 4.09. The number of rotatable bonds is 20. The molecule has 0 N–H and O–H groups in total. The molecule has 0 saturated carbocycles. The predicted molar refractivity (Wildman–Crippen MR) is 116 cm³/mol. The molecule has 0 atom stereocenters. The van der Waals surface area contributed by atoms with Gasteiger partial charge in [-0.1, -0.05) is 122 Å². The van der Waals surface area contributed by atoms with Gasteiger partial charge in [0.15, 0.2) is 0 Å². The molecule has 0 amide bonds. The van der Waals surface area contributed by atoms with Crippen LogP contribution in [0.4, 0.5) is 0 Å². The van der Waals surface area contributed by atoms with Crippen molar-refractivity contribution < 1.29 is 0 Å². The summed E-state index contributed by atoms with van der Waals surface area (Å²) in [5.41, 5.74) is 0. The first-order valence-electron chi connectivity index (χ1n) is 11.9. The van der Waals surface area contributed by atoms with Crippen molar-refractivity contribution >= 4 is 0 Å². The Kier molecular flexibility index (Phi) is 17.0. The van der Waals surface area contributed by atoms with E-state index in [0.29, 0.717) is 0 Å². The summed E-state index contributed by atoms with van der Waals surface area (Å²) < 4.78 is 2.19. The van der Waals surface area contributed by atoms with E-state index in [1.165, 1.54) is 122 Å². The van der Waals surface area contributed by atoms with Crippen molar-refractivity contribution in [2.24, 2.45) is 0 Å². The molecule has 152 valence electrons. The van der Waals surface area contributed by atoms with Gasteiger partial charge in [-0.05, 0) is 6.42 Å². The van der Waals surface area contributed by atoms with Crippen molar-refractivity contribution in [2.75, 3.05) is 0 Å². The SMILES string of the molecule is CCCCCCCCCCCCCCCCCCCCCn1ccnc1. The lowest BCUT2D eigenvalue weighted by molar-refractivity contribution is 0.517. The lowest BCUT2D eigenvalue weighted by Gasteiger charge is -2.04. The van der Waals surface area contributed by atoms with Gasteiger partial charge in [-0.25, -0.2) is 4.98 Å². The quantitative estimate of drug-likeness (QED) is 0.213. The van der Waals surface area contributed by atoms with Crippen molar-refractivity contribution in [2.45, 2.75) is 135 Å². The Labute approximate surface area is 164 Å². The van der Waals surface area contributed by atoms with Gasteiger partial charge in [0.2, 0.25) is 0 Å². The average Bonchev–Trinajstić information content (AvgIpc) is 3.17. The van der Waals surface area contributed by atoms with Crippen LogP contribution in [0.25, 0.3) is 0 Å². The highest BCUT2D eigenvalue weighted by atomic mass is 15.0. The van der Waals surface area contributed by atoms with Gasteiger partial charge in [0.05, 0.1) is 6.33 Å². The van der Waals surface area contributed by atoms with Crippen molar-refractivity contribution in [1.29, 1.82) is 0 Å². The zero-order chi connectivity index (χ0) is 18.5. The van der Waals surface area contributed by atoms with Crippen molar-refractivity contribution in [3.8, 4) is 0 Å². The van der Waals surface area contributed by atoms with E-state index < -0.39 is 0 Å². The van der Waals surface area contributed by atoms with Crippen LogP contribution >= 0.6 is 0 Å². The van der Waals surface area contributed by atoms with Crippen LogP contribution in [0.15, 0.2) is 18.7 Å². The van der Waals surface area contributed by atoms with E-state index in [9.17, 15) is 0 Å². The number of imidazole rings is 1. The van der Waals surface area contributed by atoms with Crippen LogP contribution in [0.5, 0.6) is 0 Å². The van der Waals surface area contributed by atoms with Gasteiger partial charge in [-0.3, -0.25) is 0 Å². The zero-order valence-electron chi connectivity index (χ0n) is 17.8. The number of nitrogens with zero attached hydrogens (tertiary/aromatic N) is 2. The van der Waals surface area contributed by atoms with E-state index in [0.717, 1.165) is 6.54 Å². The van der Waals surface area contributed by atoms with Gasteiger partial charge >= 0.3 is 0 Å². The normalized spacial score (nSPS) is 11.3. The van der Waals surface area contributed by atoms with E-state index in [4.69, 9.17) is 0 Å². The topological polar surface area (TPSA) is 17.8 Å². The third kappa shape index (κ3) is 15.5. The van der Waals surface area contributed by atoms with Crippen LogP contribution < -0.4 is 0 Å². The maximum absolute atomic E-state index is 4.09. The second-order valence-corrected chi connectivity index (χ2v) is 8.16. The summed E-state index contributed by atoms with van der Waals surface area (Å²) in [6, 6.07) is 0. The van der Waals surface area contributed by atoms with E-state index in [2.05, 4.69) is 22.7 Å². The van der Waals surface area contributed by atoms with Crippen molar-refractivity contribution in [3.05, 3.63) is 18.7 Å². The third-order valence-electron chi connectivity index (χ3n) is 5.58. The fraction of sp³-hybridized carbons (Fsp3) is 0.875. The second kappa shape index (κ2) is 19.0. The number of aryl methyl sites for hydroxylation is 1. The van der Waals surface area contributed by atoms with Crippen LogP contribution in [-0.4, -0.2) is 9.55 Å². The lowest BCUT2D eigenvalue weighted by Crippen LogP contribution is -1.93. The van der Waals surface area contributed by atoms with Crippen molar-refractivity contribution in [3.63, 3.8) is 0 Å². The number of hydrogen-bond donors (Lipinski definition) is 0. The Morgan fingerprint density at radius 2 is 0.923 bits per heavy atom. The molecule has 2 nitrogen and oxygen atoms in total. The summed E-state index contributed by atoms with van der Waals surface area (Å²) in [6.07, 6.45) is 33.3. The molecular formula is C24H46N2. The Bertz CT molecular complexity index is 358. The number of aromatic nitrogens is 2. The number of unbranched alkanes of at least 4 members (excludes halogenated alkanes) is 18. The smallest absolute Gasteiger partial charge is 0.0945 e.